The van der Waals surface area contributed by atoms with E-state index in [2.05, 4.69) is 51.6 Å². The highest BCUT2D eigenvalue weighted by molar-refractivity contribution is 5.81. The van der Waals surface area contributed by atoms with Crippen LogP contribution in [0.3, 0.4) is 0 Å². The molecule has 0 aliphatic heterocycles. The van der Waals surface area contributed by atoms with E-state index in [0.29, 0.717) is 6.61 Å². The lowest BCUT2D eigenvalue weighted by molar-refractivity contribution is -0.937. The molecule has 0 aliphatic rings. The lowest BCUT2D eigenvalue weighted by Crippen LogP contribution is -2.49. The first-order chi connectivity index (χ1) is 15.1. The smallest absolute Gasteiger partial charge is 0.330 e. The molecule has 0 amide bonds. The SMILES string of the molecule is C=CC(=O)OCC[N+](CC)(CC)Cc1ccc(CCCCCCCCCCCC)cc1. The van der Waals surface area contributed by atoms with Gasteiger partial charge in [-0.1, -0.05) is 95.6 Å². The maximum atomic E-state index is 11.3. The Labute approximate surface area is 192 Å². The average Bonchev–Trinajstić information content (AvgIpc) is 2.80. The van der Waals surface area contributed by atoms with E-state index in [1.54, 1.807) is 0 Å². The van der Waals surface area contributed by atoms with Gasteiger partial charge in [-0.2, -0.15) is 0 Å². The molecule has 0 aromatic heterocycles. The van der Waals surface area contributed by atoms with Crippen LogP contribution in [0.15, 0.2) is 36.9 Å². The summed E-state index contributed by atoms with van der Waals surface area (Å²) in [4.78, 5) is 11.3. The van der Waals surface area contributed by atoms with Crippen LogP contribution in [-0.2, 0) is 22.5 Å². The summed E-state index contributed by atoms with van der Waals surface area (Å²) < 4.78 is 6.17. The number of hydrogen-bond acceptors (Lipinski definition) is 2. The normalized spacial score (nSPS) is 11.5. The number of rotatable bonds is 19. The highest BCUT2D eigenvalue weighted by Crippen LogP contribution is 2.17. The molecule has 0 spiro atoms. The minimum atomic E-state index is -0.332. The first-order valence-corrected chi connectivity index (χ1v) is 12.8. The molecule has 176 valence electrons. The number of carbonyl (C=O) groups is 1. The topological polar surface area (TPSA) is 26.3 Å². The molecule has 31 heavy (non-hydrogen) atoms. The molecule has 3 heteroatoms. The highest BCUT2D eigenvalue weighted by Gasteiger charge is 2.24. The average molecular weight is 431 g/mol. The fourth-order valence-electron chi connectivity index (χ4n) is 4.26. The van der Waals surface area contributed by atoms with E-state index in [1.165, 1.54) is 87.8 Å². The van der Waals surface area contributed by atoms with E-state index < -0.39 is 0 Å². The first-order valence-electron chi connectivity index (χ1n) is 12.8. The second-order valence-electron chi connectivity index (χ2n) is 8.98. The highest BCUT2D eigenvalue weighted by atomic mass is 16.5. The van der Waals surface area contributed by atoms with Gasteiger partial charge in [-0.05, 0) is 32.3 Å². The number of unbranched alkanes of at least 4 members (excludes halogenated alkanes) is 9. The van der Waals surface area contributed by atoms with Crippen molar-refractivity contribution >= 4 is 5.97 Å². The molecule has 0 N–H and O–H groups in total. The zero-order valence-corrected chi connectivity index (χ0v) is 20.7. The Hall–Kier alpha value is -1.61. The molecule has 1 rings (SSSR count). The Kier molecular flexibility index (Phi) is 15.0. The minimum absolute atomic E-state index is 0.332. The van der Waals surface area contributed by atoms with Crippen molar-refractivity contribution in [2.45, 2.75) is 97.9 Å². The summed E-state index contributed by atoms with van der Waals surface area (Å²) >= 11 is 0. The second kappa shape index (κ2) is 17.0. The molecule has 0 bridgehead atoms. The van der Waals surface area contributed by atoms with Gasteiger partial charge in [-0.25, -0.2) is 4.79 Å². The van der Waals surface area contributed by atoms with Crippen LogP contribution in [0.1, 0.15) is 96.1 Å². The molecule has 0 saturated heterocycles. The van der Waals surface area contributed by atoms with Gasteiger partial charge >= 0.3 is 5.97 Å². The third-order valence-electron chi connectivity index (χ3n) is 6.68. The number of carbonyl (C=O) groups excluding carboxylic acids is 1. The lowest BCUT2D eigenvalue weighted by Gasteiger charge is -2.36. The van der Waals surface area contributed by atoms with Gasteiger partial charge in [0.25, 0.3) is 0 Å². The van der Waals surface area contributed by atoms with Crippen molar-refractivity contribution in [3.63, 3.8) is 0 Å². The molecule has 0 heterocycles. The fourth-order valence-corrected chi connectivity index (χ4v) is 4.26. The van der Waals surface area contributed by atoms with E-state index in [0.717, 1.165) is 30.7 Å². The number of hydrogen-bond donors (Lipinski definition) is 0. The van der Waals surface area contributed by atoms with Crippen molar-refractivity contribution in [1.82, 2.24) is 0 Å². The predicted molar refractivity (Wildman–Crippen MR) is 133 cm³/mol. The third-order valence-corrected chi connectivity index (χ3v) is 6.68. The van der Waals surface area contributed by atoms with Gasteiger partial charge in [0.2, 0.25) is 0 Å². The molecule has 0 aliphatic carbocycles. The van der Waals surface area contributed by atoms with Crippen LogP contribution in [0.5, 0.6) is 0 Å². The lowest BCUT2D eigenvalue weighted by atomic mass is 10.0. The summed E-state index contributed by atoms with van der Waals surface area (Å²) in [6.45, 7) is 14.5. The molecule has 0 saturated carbocycles. The number of quaternary nitrogens is 1. The summed E-state index contributed by atoms with van der Waals surface area (Å²) in [6.07, 6.45) is 16.3. The zero-order valence-electron chi connectivity index (χ0n) is 20.7. The van der Waals surface area contributed by atoms with Crippen molar-refractivity contribution in [2.24, 2.45) is 0 Å². The van der Waals surface area contributed by atoms with Crippen LogP contribution >= 0.6 is 0 Å². The number of ether oxygens (including phenoxy) is 1. The predicted octanol–water partition coefficient (Wildman–Crippen LogP) is 7.24. The van der Waals surface area contributed by atoms with Crippen LogP contribution in [-0.4, -0.2) is 36.7 Å². The van der Waals surface area contributed by atoms with Crippen LogP contribution in [0, 0.1) is 0 Å². The van der Waals surface area contributed by atoms with Crippen LogP contribution < -0.4 is 0 Å². The van der Waals surface area contributed by atoms with E-state index in [9.17, 15) is 4.79 Å². The van der Waals surface area contributed by atoms with E-state index >= 15 is 0 Å². The van der Waals surface area contributed by atoms with Gasteiger partial charge in [0.05, 0.1) is 13.1 Å². The minimum Gasteiger partial charge on any atom is -0.457 e. The molecular weight excluding hydrogens is 382 g/mol. The standard InChI is InChI=1S/C28H48NO2/c1-5-9-10-11-12-13-14-15-16-17-18-26-19-21-27(22-20-26)25-29(7-3,8-4)23-24-31-28(30)6-2/h6,19-22H,2,5,7-18,23-25H2,1,3-4H3/q+1. The molecule has 1 aromatic carbocycles. The third kappa shape index (κ3) is 12.1. The summed E-state index contributed by atoms with van der Waals surface area (Å²) in [7, 11) is 0. The summed E-state index contributed by atoms with van der Waals surface area (Å²) in [5.74, 6) is -0.332. The number of aryl methyl sites for hydroxylation is 1. The fraction of sp³-hybridized carbons (Fsp3) is 0.679. The Morgan fingerprint density at radius 2 is 1.35 bits per heavy atom. The van der Waals surface area contributed by atoms with Crippen molar-refractivity contribution in [2.75, 3.05) is 26.2 Å². The van der Waals surface area contributed by atoms with Crippen LogP contribution in [0.4, 0.5) is 0 Å². The van der Waals surface area contributed by atoms with Gasteiger partial charge in [-0.3, -0.25) is 0 Å². The Bertz CT molecular complexity index is 590. The summed E-state index contributed by atoms with van der Waals surface area (Å²) in [5.41, 5.74) is 2.82. The summed E-state index contributed by atoms with van der Waals surface area (Å²) in [5, 5.41) is 0. The van der Waals surface area contributed by atoms with Gasteiger partial charge < -0.3 is 9.22 Å². The Morgan fingerprint density at radius 3 is 1.87 bits per heavy atom. The molecule has 1 aromatic rings. The van der Waals surface area contributed by atoms with Crippen molar-refractivity contribution in [3.8, 4) is 0 Å². The second-order valence-corrected chi connectivity index (χ2v) is 8.98. The number of nitrogens with zero attached hydrogens (tertiary/aromatic N) is 1. The van der Waals surface area contributed by atoms with Gasteiger partial charge in [-0.15, -0.1) is 0 Å². The van der Waals surface area contributed by atoms with E-state index in [1.807, 2.05) is 0 Å². The van der Waals surface area contributed by atoms with Crippen molar-refractivity contribution < 1.29 is 14.0 Å². The van der Waals surface area contributed by atoms with Gasteiger partial charge in [0, 0.05) is 11.6 Å². The largest absolute Gasteiger partial charge is 0.457 e. The van der Waals surface area contributed by atoms with E-state index in [4.69, 9.17) is 4.74 Å². The van der Waals surface area contributed by atoms with Crippen molar-refractivity contribution in [3.05, 3.63) is 48.0 Å². The van der Waals surface area contributed by atoms with Gasteiger partial charge in [0.1, 0.15) is 19.7 Å². The first kappa shape index (κ1) is 27.4. The molecule has 3 nitrogen and oxygen atoms in total. The molecule has 0 unspecified atom stereocenters. The maximum Gasteiger partial charge on any atom is 0.330 e. The molecular formula is C28H48NO2+. The molecule has 0 fully saturated rings. The monoisotopic (exact) mass is 430 g/mol. The summed E-state index contributed by atoms with van der Waals surface area (Å²) in [6, 6.07) is 9.20. The van der Waals surface area contributed by atoms with E-state index in [-0.39, 0.29) is 5.97 Å². The number of likely N-dealkylation sites (N-methyl/N-ethyl adjacent to an activating group) is 1. The molecule has 0 radical (unpaired) electrons. The number of benzene rings is 1. The van der Waals surface area contributed by atoms with Crippen LogP contribution in [0.25, 0.3) is 0 Å². The zero-order chi connectivity index (χ0) is 22.8. The number of esters is 1. The van der Waals surface area contributed by atoms with Crippen molar-refractivity contribution in [1.29, 1.82) is 0 Å². The molecule has 0 atom stereocenters. The quantitative estimate of drug-likeness (QED) is 0.100. The Morgan fingerprint density at radius 1 is 0.839 bits per heavy atom. The Balaban J connectivity index is 2.31. The van der Waals surface area contributed by atoms with Gasteiger partial charge in [0.15, 0.2) is 0 Å². The maximum absolute atomic E-state index is 11.3. The van der Waals surface area contributed by atoms with Crippen LogP contribution in [0.2, 0.25) is 0 Å².